The van der Waals surface area contributed by atoms with Crippen LogP contribution in [0.1, 0.15) is 16.7 Å². The molecule has 1 heterocycles. The first-order chi connectivity index (χ1) is 12.6. The van der Waals surface area contributed by atoms with E-state index in [0.29, 0.717) is 5.56 Å². The van der Waals surface area contributed by atoms with Crippen LogP contribution in [0.25, 0.3) is 0 Å². The first-order valence-electron chi connectivity index (χ1n) is 8.23. The van der Waals surface area contributed by atoms with Crippen molar-refractivity contribution in [2.24, 2.45) is 0 Å². The molecule has 0 aliphatic carbocycles. The van der Waals surface area contributed by atoms with Crippen LogP contribution >= 0.6 is 0 Å². The Kier molecular flexibility index (Phi) is 4.92. The van der Waals surface area contributed by atoms with Crippen LogP contribution in [-0.4, -0.2) is 21.8 Å². The average Bonchev–Trinajstić information content (AvgIpc) is 2.62. The largest absolute Gasteiger partial charge is 0.224 e. The van der Waals surface area contributed by atoms with Crippen molar-refractivity contribution in [2.45, 2.75) is 40.6 Å². The van der Waals surface area contributed by atoms with Gasteiger partial charge in [0.25, 0.3) is 0 Å². The summed E-state index contributed by atoms with van der Waals surface area (Å²) in [6, 6.07) is 15.5. The molecule has 0 saturated heterocycles. The van der Waals surface area contributed by atoms with Crippen molar-refractivity contribution in [3.63, 3.8) is 0 Å². The molecule has 0 aliphatic rings. The lowest BCUT2D eigenvalue weighted by Crippen LogP contribution is -2.11. The number of aromatic nitrogens is 1. The van der Waals surface area contributed by atoms with Crippen LogP contribution < -0.4 is 0 Å². The van der Waals surface area contributed by atoms with E-state index in [1.165, 1.54) is 36.4 Å². The van der Waals surface area contributed by atoms with Crippen molar-refractivity contribution >= 4 is 19.7 Å². The van der Waals surface area contributed by atoms with Crippen LogP contribution in [0.4, 0.5) is 0 Å². The van der Waals surface area contributed by atoms with E-state index in [-0.39, 0.29) is 19.8 Å². The predicted molar refractivity (Wildman–Crippen MR) is 102 cm³/mol. The van der Waals surface area contributed by atoms with Crippen molar-refractivity contribution < 1.29 is 16.8 Å². The summed E-state index contributed by atoms with van der Waals surface area (Å²) in [5.74, 6) is 0. The molecular weight excluding hydrogens is 382 g/mol. The molecule has 0 radical (unpaired) electrons. The number of pyridine rings is 1. The average molecular weight is 402 g/mol. The van der Waals surface area contributed by atoms with Crippen molar-refractivity contribution in [3.05, 3.63) is 77.4 Å². The fraction of sp³-hybridized carbons (Fsp3) is 0.150. The maximum absolute atomic E-state index is 13.0. The second kappa shape index (κ2) is 6.90. The van der Waals surface area contributed by atoms with Gasteiger partial charge in [0, 0.05) is 0 Å². The quantitative estimate of drug-likeness (QED) is 0.666. The van der Waals surface area contributed by atoms with Gasteiger partial charge in [-0.25, -0.2) is 21.8 Å². The SMILES string of the molecule is Cc1ccc(S(=O)(=O)c2ccc(C)c(S(=O)(=O)c3ccc(C)cc3)n2)cc1. The predicted octanol–water partition coefficient (Wildman–Crippen LogP) is 3.67. The molecule has 0 bridgehead atoms. The van der Waals surface area contributed by atoms with E-state index in [2.05, 4.69) is 4.98 Å². The Balaban J connectivity index is 2.15. The molecular formula is C20H19NO4S2. The molecule has 0 N–H and O–H groups in total. The monoisotopic (exact) mass is 401 g/mol. The Morgan fingerprint density at radius 1 is 0.593 bits per heavy atom. The highest BCUT2D eigenvalue weighted by atomic mass is 32.2. The van der Waals surface area contributed by atoms with Gasteiger partial charge in [-0.3, -0.25) is 0 Å². The number of nitrogens with zero attached hydrogens (tertiary/aromatic N) is 1. The van der Waals surface area contributed by atoms with E-state index in [1.807, 2.05) is 13.8 Å². The fourth-order valence-corrected chi connectivity index (χ4v) is 5.26. The minimum atomic E-state index is -3.93. The minimum Gasteiger partial charge on any atom is -0.224 e. The minimum absolute atomic E-state index is 0.0723. The van der Waals surface area contributed by atoms with Gasteiger partial charge in [-0.2, -0.15) is 0 Å². The van der Waals surface area contributed by atoms with Gasteiger partial charge in [0.1, 0.15) is 0 Å². The van der Waals surface area contributed by atoms with Crippen LogP contribution in [0, 0.1) is 20.8 Å². The van der Waals surface area contributed by atoms with Crippen LogP contribution in [0.15, 0.2) is 80.5 Å². The van der Waals surface area contributed by atoms with Gasteiger partial charge in [-0.15, -0.1) is 0 Å². The molecule has 0 saturated carbocycles. The summed E-state index contributed by atoms with van der Waals surface area (Å²) in [5, 5.41) is -0.540. The number of aryl methyl sites for hydroxylation is 3. The second-order valence-electron chi connectivity index (χ2n) is 6.40. The Morgan fingerprint density at radius 2 is 1.04 bits per heavy atom. The first kappa shape index (κ1) is 19.3. The highest BCUT2D eigenvalue weighted by Gasteiger charge is 2.26. The smallest absolute Gasteiger partial charge is 0.224 e. The lowest BCUT2D eigenvalue weighted by Gasteiger charge is -2.10. The van der Waals surface area contributed by atoms with Crippen molar-refractivity contribution in [1.82, 2.24) is 4.98 Å². The summed E-state index contributed by atoms with van der Waals surface area (Å²) in [7, 11) is -7.85. The van der Waals surface area contributed by atoms with E-state index in [1.54, 1.807) is 31.2 Å². The van der Waals surface area contributed by atoms with Crippen LogP contribution in [0.2, 0.25) is 0 Å². The third-order valence-corrected chi connectivity index (χ3v) is 7.70. The van der Waals surface area contributed by atoms with Crippen LogP contribution in [-0.2, 0) is 19.7 Å². The molecule has 3 aromatic rings. The topological polar surface area (TPSA) is 81.2 Å². The summed E-state index contributed by atoms with van der Waals surface area (Å²) < 4.78 is 51.7. The maximum Gasteiger partial charge on any atom is 0.224 e. The summed E-state index contributed by atoms with van der Waals surface area (Å²) in [4.78, 5) is 4.19. The lowest BCUT2D eigenvalue weighted by molar-refractivity contribution is 0.584. The third kappa shape index (κ3) is 3.65. The second-order valence-corrected chi connectivity index (χ2v) is 10.2. The number of hydrogen-bond donors (Lipinski definition) is 0. The van der Waals surface area contributed by atoms with Gasteiger partial charge in [0.2, 0.25) is 19.7 Å². The third-order valence-electron chi connectivity index (χ3n) is 4.22. The zero-order valence-electron chi connectivity index (χ0n) is 15.2. The molecule has 140 valence electrons. The summed E-state index contributed by atoms with van der Waals surface area (Å²) >= 11 is 0. The number of hydrogen-bond acceptors (Lipinski definition) is 5. The summed E-state index contributed by atoms with van der Waals surface area (Å²) in [6.07, 6.45) is 0. The molecule has 0 spiro atoms. The zero-order valence-corrected chi connectivity index (χ0v) is 16.8. The van der Waals surface area contributed by atoms with Crippen LogP contribution in [0.3, 0.4) is 0 Å². The molecule has 0 amide bonds. The molecule has 3 rings (SSSR count). The molecule has 7 heteroatoms. The van der Waals surface area contributed by atoms with Gasteiger partial charge >= 0.3 is 0 Å². The van der Waals surface area contributed by atoms with E-state index in [9.17, 15) is 16.8 Å². The van der Waals surface area contributed by atoms with E-state index in [4.69, 9.17) is 0 Å². The lowest BCUT2D eigenvalue weighted by atomic mass is 10.2. The molecule has 0 unspecified atom stereocenters. The zero-order chi connectivity index (χ0) is 19.8. The van der Waals surface area contributed by atoms with Gasteiger partial charge in [-0.1, -0.05) is 41.5 Å². The Bertz CT molecular complexity index is 1200. The summed E-state index contributed by atoms with van der Waals surface area (Å²) in [6.45, 7) is 5.30. The van der Waals surface area contributed by atoms with E-state index in [0.717, 1.165) is 11.1 Å². The molecule has 0 atom stereocenters. The molecule has 0 aliphatic heterocycles. The van der Waals surface area contributed by atoms with Gasteiger partial charge in [-0.05, 0) is 56.7 Å². The van der Waals surface area contributed by atoms with Gasteiger partial charge in [0.05, 0.1) is 9.79 Å². The number of sulfone groups is 2. The highest BCUT2D eigenvalue weighted by Crippen LogP contribution is 2.26. The number of rotatable bonds is 4. The van der Waals surface area contributed by atoms with Crippen LogP contribution in [0.5, 0.6) is 0 Å². The summed E-state index contributed by atoms with van der Waals surface area (Å²) in [5.41, 5.74) is 2.24. The highest BCUT2D eigenvalue weighted by molar-refractivity contribution is 7.92. The Hall–Kier alpha value is -2.51. The molecule has 5 nitrogen and oxygen atoms in total. The standard InChI is InChI=1S/C20H19NO4S2/c1-14-4-9-17(10-5-14)26(22,23)19-13-8-16(3)20(21-19)27(24,25)18-11-6-15(2)7-12-18/h4-13H,1-3H3. The maximum atomic E-state index is 13.0. The van der Waals surface area contributed by atoms with E-state index < -0.39 is 19.7 Å². The molecule has 2 aromatic carbocycles. The molecule has 27 heavy (non-hydrogen) atoms. The van der Waals surface area contributed by atoms with Gasteiger partial charge < -0.3 is 0 Å². The number of benzene rings is 2. The van der Waals surface area contributed by atoms with Crippen molar-refractivity contribution in [2.75, 3.05) is 0 Å². The van der Waals surface area contributed by atoms with Crippen molar-refractivity contribution in [3.8, 4) is 0 Å². The molecule has 0 fully saturated rings. The van der Waals surface area contributed by atoms with Gasteiger partial charge in [0.15, 0.2) is 10.1 Å². The molecule has 1 aromatic heterocycles. The van der Waals surface area contributed by atoms with E-state index >= 15 is 0 Å². The fourth-order valence-electron chi connectivity index (χ4n) is 2.58. The normalized spacial score (nSPS) is 12.1. The Labute approximate surface area is 159 Å². The Morgan fingerprint density at radius 3 is 1.52 bits per heavy atom. The first-order valence-corrected chi connectivity index (χ1v) is 11.2. The van der Waals surface area contributed by atoms with Crippen molar-refractivity contribution in [1.29, 1.82) is 0 Å².